The maximum absolute atomic E-state index is 12.5. The van der Waals surface area contributed by atoms with Gasteiger partial charge in [0.1, 0.15) is 6.61 Å². The fourth-order valence-electron chi connectivity index (χ4n) is 2.59. The van der Waals surface area contributed by atoms with Gasteiger partial charge in [0.15, 0.2) is 0 Å². The molecule has 3 amide bonds. The third kappa shape index (κ3) is 2.73. The van der Waals surface area contributed by atoms with Crippen molar-refractivity contribution in [2.45, 2.75) is 6.04 Å². The molecule has 0 saturated carbocycles. The van der Waals surface area contributed by atoms with Gasteiger partial charge in [-0.25, -0.2) is 4.79 Å². The molecular formula is C14H15N3O3S. The van der Waals surface area contributed by atoms with E-state index in [-0.39, 0.29) is 24.6 Å². The predicted octanol–water partition coefficient (Wildman–Crippen LogP) is -0.0585. The molecule has 2 saturated heterocycles. The van der Waals surface area contributed by atoms with Crippen molar-refractivity contribution in [2.24, 2.45) is 0 Å². The second kappa shape index (κ2) is 5.76. The van der Waals surface area contributed by atoms with Gasteiger partial charge in [-0.2, -0.15) is 0 Å². The van der Waals surface area contributed by atoms with Crippen molar-refractivity contribution in [3.8, 4) is 11.8 Å². The van der Waals surface area contributed by atoms with Crippen LogP contribution in [0.5, 0.6) is 0 Å². The summed E-state index contributed by atoms with van der Waals surface area (Å²) in [6.07, 6.45) is 0. The number of carbonyl (C=O) groups is 2. The van der Waals surface area contributed by atoms with Gasteiger partial charge < -0.3 is 20.2 Å². The molecule has 21 heavy (non-hydrogen) atoms. The van der Waals surface area contributed by atoms with E-state index in [1.165, 1.54) is 11.3 Å². The van der Waals surface area contributed by atoms with Crippen LogP contribution in [0.3, 0.4) is 0 Å². The van der Waals surface area contributed by atoms with Gasteiger partial charge in [-0.15, -0.1) is 11.3 Å². The number of hydrogen-bond donors (Lipinski definition) is 2. The maximum Gasteiger partial charge on any atom is 0.317 e. The molecule has 0 aliphatic carbocycles. The highest BCUT2D eigenvalue weighted by atomic mass is 32.1. The first-order valence-corrected chi connectivity index (χ1v) is 7.54. The molecule has 0 bridgehead atoms. The Balaban J connectivity index is 1.68. The molecule has 2 aliphatic rings. The molecule has 0 spiro atoms. The van der Waals surface area contributed by atoms with E-state index in [0.717, 1.165) is 4.88 Å². The summed E-state index contributed by atoms with van der Waals surface area (Å²) >= 11 is 1.33. The second-order valence-electron chi connectivity index (χ2n) is 4.91. The molecule has 6 nitrogen and oxygen atoms in total. The van der Waals surface area contributed by atoms with Crippen molar-refractivity contribution >= 4 is 23.3 Å². The molecule has 1 unspecified atom stereocenters. The van der Waals surface area contributed by atoms with E-state index in [1.807, 2.05) is 0 Å². The number of piperazine rings is 1. The van der Waals surface area contributed by atoms with Gasteiger partial charge in [0, 0.05) is 26.2 Å². The number of aliphatic hydroxyl groups excluding tert-OH is 1. The molecular weight excluding hydrogens is 290 g/mol. The van der Waals surface area contributed by atoms with Crippen molar-refractivity contribution < 1.29 is 14.7 Å². The Labute approximate surface area is 126 Å². The van der Waals surface area contributed by atoms with E-state index in [1.54, 1.807) is 21.9 Å². The zero-order chi connectivity index (χ0) is 14.8. The number of amides is 3. The summed E-state index contributed by atoms with van der Waals surface area (Å²) in [6, 6.07) is 3.59. The molecule has 2 N–H and O–H groups in total. The average molecular weight is 305 g/mol. The first kappa shape index (κ1) is 13.9. The van der Waals surface area contributed by atoms with Crippen LogP contribution < -0.4 is 5.32 Å². The Morgan fingerprint density at radius 3 is 3.14 bits per heavy atom. The van der Waals surface area contributed by atoms with Crippen molar-refractivity contribution in [1.82, 2.24) is 15.1 Å². The fourth-order valence-corrected chi connectivity index (χ4v) is 3.44. The van der Waals surface area contributed by atoms with E-state index in [0.29, 0.717) is 31.1 Å². The van der Waals surface area contributed by atoms with Gasteiger partial charge in [-0.05, 0) is 12.1 Å². The molecule has 1 atom stereocenters. The van der Waals surface area contributed by atoms with E-state index in [2.05, 4.69) is 17.2 Å². The number of hydrogen-bond acceptors (Lipinski definition) is 4. The SMILES string of the molecule is O=C(c1ccc(C#CCO)s1)N1CCN2C(=O)NCC2C1. The summed E-state index contributed by atoms with van der Waals surface area (Å²) in [6.45, 7) is 2.10. The van der Waals surface area contributed by atoms with E-state index in [9.17, 15) is 9.59 Å². The normalized spacial score (nSPS) is 20.6. The third-order valence-electron chi connectivity index (χ3n) is 3.63. The number of carbonyl (C=O) groups excluding carboxylic acids is 2. The van der Waals surface area contributed by atoms with Crippen LogP contribution >= 0.6 is 11.3 Å². The Morgan fingerprint density at radius 1 is 1.48 bits per heavy atom. The predicted molar refractivity (Wildman–Crippen MR) is 78.1 cm³/mol. The lowest BCUT2D eigenvalue weighted by Gasteiger charge is -2.36. The molecule has 3 rings (SSSR count). The highest BCUT2D eigenvalue weighted by Crippen LogP contribution is 2.21. The van der Waals surface area contributed by atoms with E-state index < -0.39 is 0 Å². The van der Waals surface area contributed by atoms with Crippen LogP contribution in [0.4, 0.5) is 4.79 Å². The van der Waals surface area contributed by atoms with Crippen LogP contribution in [0.1, 0.15) is 14.5 Å². The van der Waals surface area contributed by atoms with Crippen molar-refractivity contribution in [1.29, 1.82) is 0 Å². The molecule has 7 heteroatoms. The van der Waals surface area contributed by atoms with Gasteiger partial charge in [0.2, 0.25) is 0 Å². The summed E-state index contributed by atoms with van der Waals surface area (Å²) in [7, 11) is 0. The Hall–Kier alpha value is -2.04. The lowest BCUT2D eigenvalue weighted by Crippen LogP contribution is -2.53. The molecule has 0 radical (unpaired) electrons. The molecule has 3 heterocycles. The summed E-state index contributed by atoms with van der Waals surface area (Å²) in [4.78, 5) is 29.0. The quantitative estimate of drug-likeness (QED) is 0.714. The van der Waals surface area contributed by atoms with Crippen LogP contribution in [-0.2, 0) is 0 Å². The zero-order valence-corrected chi connectivity index (χ0v) is 12.2. The number of aliphatic hydroxyl groups is 1. The standard InChI is InChI=1S/C14H15N3O3S/c18-7-1-2-11-3-4-12(21-11)13(19)16-5-6-17-10(9-16)8-15-14(17)20/h3-4,10,18H,5-9H2,(H,15,20). The summed E-state index contributed by atoms with van der Waals surface area (Å²) in [5.74, 6) is 5.35. The molecule has 2 fully saturated rings. The number of nitrogens with zero attached hydrogens (tertiary/aromatic N) is 2. The van der Waals surface area contributed by atoms with Crippen molar-refractivity contribution in [2.75, 3.05) is 32.8 Å². The smallest absolute Gasteiger partial charge is 0.317 e. The van der Waals surface area contributed by atoms with Gasteiger partial charge in [-0.1, -0.05) is 11.8 Å². The lowest BCUT2D eigenvalue weighted by atomic mass is 10.2. The number of urea groups is 1. The van der Waals surface area contributed by atoms with Crippen LogP contribution in [0, 0.1) is 11.8 Å². The summed E-state index contributed by atoms with van der Waals surface area (Å²) in [5.41, 5.74) is 0. The Morgan fingerprint density at radius 2 is 2.33 bits per heavy atom. The van der Waals surface area contributed by atoms with Crippen LogP contribution in [0.15, 0.2) is 12.1 Å². The fraction of sp³-hybridized carbons (Fsp3) is 0.429. The molecule has 2 aliphatic heterocycles. The van der Waals surface area contributed by atoms with E-state index in [4.69, 9.17) is 5.11 Å². The van der Waals surface area contributed by atoms with Crippen LogP contribution in [-0.4, -0.2) is 65.7 Å². The topological polar surface area (TPSA) is 72.9 Å². The highest BCUT2D eigenvalue weighted by molar-refractivity contribution is 7.14. The van der Waals surface area contributed by atoms with Gasteiger partial charge in [-0.3, -0.25) is 4.79 Å². The van der Waals surface area contributed by atoms with Crippen LogP contribution in [0.25, 0.3) is 0 Å². The van der Waals surface area contributed by atoms with Crippen LogP contribution in [0.2, 0.25) is 0 Å². The maximum atomic E-state index is 12.5. The first-order valence-electron chi connectivity index (χ1n) is 6.72. The largest absolute Gasteiger partial charge is 0.384 e. The summed E-state index contributed by atoms with van der Waals surface area (Å²) < 4.78 is 0. The minimum Gasteiger partial charge on any atom is -0.384 e. The highest BCUT2D eigenvalue weighted by Gasteiger charge is 2.37. The lowest BCUT2D eigenvalue weighted by molar-refractivity contribution is 0.0621. The second-order valence-corrected chi connectivity index (χ2v) is 5.99. The van der Waals surface area contributed by atoms with Gasteiger partial charge >= 0.3 is 6.03 Å². The number of nitrogens with one attached hydrogen (secondary N) is 1. The number of rotatable bonds is 1. The molecule has 0 aromatic carbocycles. The zero-order valence-electron chi connectivity index (χ0n) is 11.3. The number of fused-ring (bicyclic) bond motifs is 1. The first-order chi connectivity index (χ1) is 10.2. The van der Waals surface area contributed by atoms with Crippen molar-refractivity contribution in [3.63, 3.8) is 0 Å². The Bertz CT molecular complexity index is 631. The van der Waals surface area contributed by atoms with Crippen molar-refractivity contribution in [3.05, 3.63) is 21.9 Å². The number of thiophene rings is 1. The van der Waals surface area contributed by atoms with Gasteiger partial charge in [0.25, 0.3) is 5.91 Å². The van der Waals surface area contributed by atoms with Gasteiger partial charge in [0.05, 0.1) is 15.8 Å². The Kier molecular flexibility index (Phi) is 3.82. The minimum atomic E-state index is -0.189. The monoisotopic (exact) mass is 305 g/mol. The molecule has 1 aromatic rings. The molecule has 1 aromatic heterocycles. The van der Waals surface area contributed by atoms with E-state index >= 15 is 0 Å². The molecule has 110 valence electrons. The third-order valence-corrected chi connectivity index (χ3v) is 4.62. The average Bonchev–Trinajstić information content (AvgIpc) is 3.11. The minimum absolute atomic E-state index is 0.0175. The summed E-state index contributed by atoms with van der Waals surface area (Å²) in [5, 5.41) is 11.5.